The third-order valence-electron chi connectivity index (χ3n) is 7.45. The second kappa shape index (κ2) is 11.8. The highest BCUT2D eigenvalue weighted by Crippen LogP contribution is 2.41. The molecule has 0 N–H and O–H groups in total. The highest BCUT2D eigenvalue weighted by molar-refractivity contribution is 9.11. The van der Waals surface area contributed by atoms with E-state index >= 15 is 4.39 Å². The number of piperidine rings is 1. The number of benzene rings is 3. The van der Waals surface area contributed by atoms with Gasteiger partial charge in [0.2, 0.25) is 0 Å². The molecule has 1 heterocycles. The lowest BCUT2D eigenvalue weighted by atomic mass is 9.86. The monoisotopic (exact) mass is 565 g/mol. The van der Waals surface area contributed by atoms with E-state index < -0.39 is 0 Å². The van der Waals surface area contributed by atoms with E-state index in [9.17, 15) is 0 Å². The van der Waals surface area contributed by atoms with E-state index in [1.807, 2.05) is 36.4 Å². The molecule has 3 aromatic carbocycles. The molecule has 1 aliphatic heterocycles. The summed E-state index contributed by atoms with van der Waals surface area (Å²) >= 11 is 3.79. The minimum absolute atomic E-state index is 0.186. The molecule has 1 saturated heterocycles. The van der Waals surface area contributed by atoms with Gasteiger partial charge in [-0.1, -0.05) is 58.4 Å². The van der Waals surface area contributed by atoms with Crippen LogP contribution < -0.4 is 9.64 Å². The summed E-state index contributed by atoms with van der Waals surface area (Å²) in [6, 6.07) is 22.1. The maximum Gasteiger partial charge on any atom is 0.159 e. The Morgan fingerprint density at radius 2 is 1.70 bits per heavy atom. The second-order valence-corrected chi connectivity index (χ2v) is 10.7. The lowest BCUT2D eigenvalue weighted by molar-refractivity contribution is -0.141. The Balaban J connectivity index is 1.32. The van der Waals surface area contributed by atoms with Crippen molar-refractivity contribution in [1.29, 1.82) is 0 Å². The normalized spacial score (nSPS) is 16.3. The van der Waals surface area contributed by atoms with Crippen LogP contribution in [0.15, 0.2) is 71.2 Å². The average molecular weight is 567 g/mol. The molecule has 1 fully saturated rings. The van der Waals surface area contributed by atoms with Gasteiger partial charge in [0.1, 0.15) is 18.2 Å². The van der Waals surface area contributed by atoms with Crippen LogP contribution in [0.25, 0.3) is 5.57 Å². The third kappa shape index (κ3) is 5.77. The van der Waals surface area contributed by atoms with Crippen LogP contribution >= 0.6 is 15.9 Å². The van der Waals surface area contributed by atoms with Crippen LogP contribution in [0.4, 0.5) is 10.1 Å². The molecule has 0 saturated carbocycles. The number of allylic oxidation sites excluding steroid dienone is 1. The third-order valence-corrected chi connectivity index (χ3v) is 8.24. The van der Waals surface area contributed by atoms with E-state index in [4.69, 9.17) is 14.2 Å². The fraction of sp³-hybridized carbons (Fsp3) is 0.355. The van der Waals surface area contributed by atoms with Crippen molar-refractivity contribution in [3.63, 3.8) is 0 Å². The number of methoxy groups -OCH3 is 2. The van der Waals surface area contributed by atoms with Gasteiger partial charge in [0.05, 0.1) is 5.69 Å². The maximum absolute atomic E-state index is 15.5. The quantitative estimate of drug-likeness (QED) is 0.267. The molecule has 0 spiro atoms. The zero-order valence-corrected chi connectivity index (χ0v) is 23.0. The Bertz CT molecular complexity index is 1250. The van der Waals surface area contributed by atoms with Gasteiger partial charge in [-0.2, -0.15) is 0 Å². The van der Waals surface area contributed by atoms with Gasteiger partial charge in [0.15, 0.2) is 6.29 Å². The number of fused-ring (bicyclic) bond motifs is 1. The van der Waals surface area contributed by atoms with Gasteiger partial charge in [-0.25, -0.2) is 4.39 Å². The molecule has 3 aromatic rings. The van der Waals surface area contributed by atoms with Crippen molar-refractivity contribution in [3.8, 4) is 5.75 Å². The Morgan fingerprint density at radius 1 is 0.946 bits per heavy atom. The highest BCUT2D eigenvalue weighted by atomic mass is 79.9. The predicted octanol–water partition coefficient (Wildman–Crippen LogP) is 7.34. The van der Waals surface area contributed by atoms with Crippen molar-refractivity contribution in [1.82, 2.24) is 0 Å². The standard InChI is InChI=1S/C31H33BrFNO3/c1-35-31(36-2)22-14-16-34(17-15-22)29-13-9-24(19-28(29)33)30-26-11-10-25(18-23(26)8-12-27(30)32)37-20-21-6-4-3-5-7-21/h3-7,9-11,13,18-19,22,31H,8,12,14-17,20H2,1-2H3. The molecule has 0 bridgehead atoms. The molecular formula is C31H33BrFNO3. The van der Waals surface area contributed by atoms with E-state index in [-0.39, 0.29) is 12.1 Å². The molecule has 2 aliphatic rings. The fourth-order valence-electron chi connectivity index (χ4n) is 5.49. The first-order valence-electron chi connectivity index (χ1n) is 12.9. The van der Waals surface area contributed by atoms with Gasteiger partial charge in [0.25, 0.3) is 0 Å². The predicted molar refractivity (Wildman–Crippen MR) is 150 cm³/mol. The van der Waals surface area contributed by atoms with Gasteiger partial charge in [0, 0.05) is 37.7 Å². The van der Waals surface area contributed by atoms with Crippen molar-refractivity contribution in [2.75, 3.05) is 32.2 Å². The summed E-state index contributed by atoms with van der Waals surface area (Å²) in [6.07, 6.45) is 3.41. The Labute approximate surface area is 227 Å². The lowest BCUT2D eigenvalue weighted by Crippen LogP contribution is -2.39. The van der Waals surface area contributed by atoms with E-state index in [1.165, 1.54) is 5.56 Å². The molecule has 5 rings (SSSR count). The lowest BCUT2D eigenvalue weighted by Gasteiger charge is -2.36. The van der Waals surface area contributed by atoms with Gasteiger partial charge in [-0.05, 0) is 77.8 Å². The molecule has 0 unspecified atom stereocenters. The Hall–Kier alpha value is -2.67. The van der Waals surface area contributed by atoms with E-state index in [0.29, 0.717) is 18.2 Å². The van der Waals surface area contributed by atoms with Crippen LogP contribution in [0.1, 0.15) is 41.5 Å². The van der Waals surface area contributed by atoms with Crippen molar-refractivity contribution in [2.24, 2.45) is 5.92 Å². The highest BCUT2D eigenvalue weighted by Gasteiger charge is 2.28. The first-order chi connectivity index (χ1) is 18.1. The maximum atomic E-state index is 15.5. The molecule has 1 aliphatic carbocycles. The van der Waals surface area contributed by atoms with Gasteiger partial charge < -0.3 is 19.1 Å². The number of hydrogen-bond donors (Lipinski definition) is 0. The molecule has 6 heteroatoms. The minimum atomic E-state index is -0.200. The smallest absolute Gasteiger partial charge is 0.159 e. The summed E-state index contributed by atoms with van der Waals surface area (Å²) in [7, 11) is 3.35. The first kappa shape index (κ1) is 26.0. The summed E-state index contributed by atoms with van der Waals surface area (Å²) in [5, 5.41) is 0. The molecule has 0 atom stereocenters. The first-order valence-corrected chi connectivity index (χ1v) is 13.7. The fourth-order valence-corrected chi connectivity index (χ4v) is 6.13. The molecule has 194 valence electrons. The van der Waals surface area contributed by atoms with Crippen LogP contribution in [-0.4, -0.2) is 33.6 Å². The van der Waals surface area contributed by atoms with E-state index in [2.05, 4.69) is 45.1 Å². The number of anilines is 1. The Morgan fingerprint density at radius 3 is 2.41 bits per heavy atom. The zero-order valence-electron chi connectivity index (χ0n) is 21.4. The molecule has 0 aromatic heterocycles. The van der Waals surface area contributed by atoms with Crippen LogP contribution in [0, 0.1) is 11.7 Å². The molecule has 4 nitrogen and oxygen atoms in total. The average Bonchev–Trinajstić information content (AvgIpc) is 2.93. The van der Waals surface area contributed by atoms with Gasteiger partial charge >= 0.3 is 0 Å². The van der Waals surface area contributed by atoms with Crippen LogP contribution in [0.2, 0.25) is 0 Å². The molecular weight excluding hydrogens is 533 g/mol. The zero-order chi connectivity index (χ0) is 25.8. The summed E-state index contributed by atoms with van der Waals surface area (Å²) < 4.78 is 33.5. The van der Waals surface area contributed by atoms with E-state index in [0.717, 1.165) is 71.3 Å². The van der Waals surface area contributed by atoms with Crippen molar-refractivity contribution in [3.05, 3.63) is 99.3 Å². The topological polar surface area (TPSA) is 30.9 Å². The summed E-state index contributed by atoms with van der Waals surface area (Å²) in [5.41, 5.74) is 6.10. The van der Waals surface area contributed by atoms with Gasteiger partial charge in [-0.3, -0.25) is 0 Å². The number of nitrogens with zero attached hydrogens (tertiary/aromatic N) is 1. The summed E-state index contributed by atoms with van der Waals surface area (Å²) in [5.74, 6) is 0.998. The Kier molecular flexibility index (Phi) is 8.28. The molecule has 37 heavy (non-hydrogen) atoms. The van der Waals surface area contributed by atoms with Crippen LogP contribution in [0.5, 0.6) is 5.75 Å². The van der Waals surface area contributed by atoms with Crippen LogP contribution in [0.3, 0.4) is 0 Å². The van der Waals surface area contributed by atoms with Gasteiger partial charge in [-0.15, -0.1) is 0 Å². The number of hydrogen-bond acceptors (Lipinski definition) is 4. The largest absolute Gasteiger partial charge is 0.489 e. The van der Waals surface area contributed by atoms with Crippen molar-refractivity contribution < 1.29 is 18.6 Å². The second-order valence-electron chi connectivity index (χ2n) is 9.70. The molecule has 0 amide bonds. The van der Waals surface area contributed by atoms with Crippen molar-refractivity contribution >= 4 is 27.2 Å². The number of rotatable bonds is 8. The number of ether oxygens (including phenoxy) is 3. The van der Waals surface area contributed by atoms with Crippen LogP contribution in [-0.2, 0) is 22.5 Å². The van der Waals surface area contributed by atoms with E-state index in [1.54, 1.807) is 20.3 Å². The number of halogens is 2. The summed E-state index contributed by atoms with van der Waals surface area (Å²) in [4.78, 5) is 2.13. The van der Waals surface area contributed by atoms with Crippen molar-refractivity contribution in [2.45, 2.75) is 38.6 Å². The summed E-state index contributed by atoms with van der Waals surface area (Å²) in [6.45, 7) is 2.10. The SMILES string of the molecule is COC(OC)C1CCN(c2ccc(C3=C(Br)CCc4cc(OCc5ccccc5)ccc43)cc2F)CC1. The minimum Gasteiger partial charge on any atom is -0.489 e. The molecule has 0 radical (unpaired) electrons. The number of aryl methyl sites for hydroxylation is 1.